The van der Waals surface area contributed by atoms with E-state index in [-0.39, 0.29) is 24.5 Å². The van der Waals surface area contributed by atoms with E-state index in [0.29, 0.717) is 35.2 Å². The summed E-state index contributed by atoms with van der Waals surface area (Å²) in [6.45, 7) is 2.25. The second-order valence-corrected chi connectivity index (χ2v) is 10.4. The highest BCUT2D eigenvalue weighted by atomic mass is 32.2. The van der Waals surface area contributed by atoms with E-state index in [9.17, 15) is 22.8 Å². The van der Waals surface area contributed by atoms with E-state index in [0.717, 1.165) is 17.6 Å². The lowest BCUT2D eigenvalue weighted by Gasteiger charge is -2.28. The number of hydrogen-bond donors (Lipinski definition) is 0. The van der Waals surface area contributed by atoms with Gasteiger partial charge in [0.1, 0.15) is 6.54 Å². The fourth-order valence-corrected chi connectivity index (χ4v) is 5.46. The molecule has 0 N–H and O–H groups in total. The number of rotatable bonds is 6. The topological polar surface area (TPSA) is 124 Å². The lowest BCUT2D eigenvalue weighted by Crippen LogP contribution is -2.41. The Kier molecular flexibility index (Phi) is 7.47. The maximum absolute atomic E-state index is 12.9. The van der Waals surface area contributed by atoms with Crippen molar-refractivity contribution in [3.05, 3.63) is 28.6 Å². The normalized spacial score (nSPS) is 18.0. The van der Waals surface area contributed by atoms with E-state index in [2.05, 4.69) is 4.99 Å². The van der Waals surface area contributed by atoms with Gasteiger partial charge in [0.15, 0.2) is 4.80 Å². The van der Waals surface area contributed by atoms with E-state index in [1.807, 2.05) is 0 Å². The van der Waals surface area contributed by atoms with Gasteiger partial charge in [0.25, 0.3) is 5.91 Å². The lowest BCUT2D eigenvalue weighted by molar-refractivity contribution is -0.141. The van der Waals surface area contributed by atoms with E-state index >= 15 is 0 Å². The maximum atomic E-state index is 12.9. The molecular formula is C20H25N3O7S2. The van der Waals surface area contributed by atoms with Crippen molar-refractivity contribution in [3.63, 3.8) is 0 Å². The number of nitrogens with zero attached hydrogens (tertiary/aromatic N) is 3. The second kappa shape index (κ2) is 9.92. The largest absolute Gasteiger partial charge is 0.468 e. The molecule has 1 saturated heterocycles. The van der Waals surface area contributed by atoms with Gasteiger partial charge in [-0.3, -0.25) is 9.59 Å². The van der Waals surface area contributed by atoms with Crippen LogP contribution in [0.2, 0.25) is 0 Å². The fraction of sp³-hybridized carbons (Fsp3) is 0.500. The van der Waals surface area contributed by atoms with Gasteiger partial charge < -0.3 is 14.0 Å². The standard InChI is InChI=1S/C20H25N3O7S2/c1-4-30-19(26)13-7-8-15-16(10-13)31-20(23(15)12-17(24)29-2)21-18(25)14-6-5-9-22(11-14)32(3,27)28/h7-8,10,14H,4-6,9,11-12H2,1-3H3. The average molecular weight is 484 g/mol. The molecule has 10 nitrogen and oxygen atoms in total. The number of aromatic nitrogens is 1. The van der Waals surface area contributed by atoms with Crippen molar-refractivity contribution in [1.29, 1.82) is 0 Å². The maximum Gasteiger partial charge on any atom is 0.338 e. The SMILES string of the molecule is CCOC(=O)c1ccc2c(c1)sc(=NC(=O)C1CCCN(S(C)(=O)=O)C1)n2CC(=O)OC. The predicted molar refractivity (Wildman–Crippen MR) is 117 cm³/mol. The first-order valence-electron chi connectivity index (χ1n) is 10.0. The first-order valence-corrected chi connectivity index (χ1v) is 12.7. The van der Waals surface area contributed by atoms with Crippen molar-refractivity contribution < 1.29 is 32.3 Å². The number of methoxy groups -OCH3 is 1. The van der Waals surface area contributed by atoms with Gasteiger partial charge in [-0.2, -0.15) is 4.99 Å². The molecule has 1 amide bonds. The molecule has 2 aromatic rings. The van der Waals surface area contributed by atoms with Crippen LogP contribution in [0.1, 0.15) is 30.1 Å². The van der Waals surface area contributed by atoms with Gasteiger partial charge in [0.05, 0.1) is 41.7 Å². The van der Waals surface area contributed by atoms with Gasteiger partial charge in [0, 0.05) is 13.1 Å². The summed E-state index contributed by atoms with van der Waals surface area (Å²) in [5, 5.41) is 0. The molecule has 12 heteroatoms. The van der Waals surface area contributed by atoms with E-state index in [1.165, 1.54) is 11.4 Å². The Hall–Kier alpha value is -2.57. The van der Waals surface area contributed by atoms with Crippen molar-refractivity contribution in [3.8, 4) is 0 Å². The third-order valence-electron chi connectivity index (χ3n) is 5.12. The fourth-order valence-electron chi connectivity index (χ4n) is 3.48. The molecule has 1 atom stereocenters. The van der Waals surface area contributed by atoms with Crippen LogP contribution in [0, 0.1) is 5.92 Å². The summed E-state index contributed by atoms with van der Waals surface area (Å²) in [6.07, 6.45) is 2.22. The number of amides is 1. The van der Waals surface area contributed by atoms with Crippen LogP contribution in [0.15, 0.2) is 23.2 Å². The summed E-state index contributed by atoms with van der Waals surface area (Å²) in [5.41, 5.74) is 0.959. The Balaban J connectivity index is 2.01. The van der Waals surface area contributed by atoms with Crippen LogP contribution in [0.3, 0.4) is 0 Å². The molecule has 2 heterocycles. The Morgan fingerprint density at radius 2 is 2.03 bits per heavy atom. The summed E-state index contributed by atoms with van der Waals surface area (Å²) in [7, 11) is -2.14. The highest BCUT2D eigenvalue weighted by Crippen LogP contribution is 2.22. The number of benzene rings is 1. The summed E-state index contributed by atoms with van der Waals surface area (Å²) < 4.78 is 37.0. The first kappa shape index (κ1) is 24.1. The first-order chi connectivity index (χ1) is 15.1. The number of hydrogen-bond acceptors (Lipinski definition) is 8. The lowest BCUT2D eigenvalue weighted by atomic mass is 9.99. The number of sulfonamides is 1. The minimum absolute atomic E-state index is 0.0794. The molecule has 0 saturated carbocycles. The number of thiazole rings is 1. The van der Waals surface area contributed by atoms with Crippen LogP contribution >= 0.6 is 11.3 Å². The smallest absolute Gasteiger partial charge is 0.338 e. The molecule has 174 valence electrons. The van der Waals surface area contributed by atoms with Crippen LogP contribution in [0.4, 0.5) is 0 Å². The molecule has 0 bridgehead atoms. The molecule has 0 radical (unpaired) electrons. The average Bonchev–Trinajstić information content (AvgIpc) is 3.09. The monoisotopic (exact) mass is 483 g/mol. The van der Waals surface area contributed by atoms with Gasteiger partial charge in [0.2, 0.25) is 10.0 Å². The highest BCUT2D eigenvalue weighted by Gasteiger charge is 2.30. The van der Waals surface area contributed by atoms with Gasteiger partial charge >= 0.3 is 11.9 Å². The van der Waals surface area contributed by atoms with Crippen LogP contribution < -0.4 is 4.80 Å². The molecule has 1 aliphatic heterocycles. The Labute approximate surface area is 189 Å². The van der Waals surface area contributed by atoms with E-state index in [4.69, 9.17) is 9.47 Å². The molecule has 1 aromatic heterocycles. The summed E-state index contributed by atoms with van der Waals surface area (Å²) in [5.74, 6) is -2.01. The molecule has 1 fully saturated rings. The van der Waals surface area contributed by atoms with Crippen LogP contribution in [0.25, 0.3) is 10.2 Å². The van der Waals surface area contributed by atoms with Crippen molar-refractivity contribution in [2.75, 3.05) is 33.1 Å². The molecule has 3 rings (SSSR count). The van der Waals surface area contributed by atoms with E-state index in [1.54, 1.807) is 29.7 Å². The van der Waals surface area contributed by atoms with Gasteiger partial charge in [-0.05, 0) is 38.0 Å². The molecule has 1 aliphatic rings. The number of ether oxygens (including phenoxy) is 2. The summed E-state index contributed by atoms with van der Waals surface area (Å²) in [6, 6.07) is 4.87. The molecule has 0 spiro atoms. The quantitative estimate of drug-likeness (QED) is 0.565. The summed E-state index contributed by atoms with van der Waals surface area (Å²) in [4.78, 5) is 41.4. The Bertz CT molecular complexity index is 1210. The number of carbonyl (C=O) groups is 3. The van der Waals surface area contributed by atoms with Crippen molar-refractivity contribution in [1.82, 2.24) is 8.87 Å². The van der Waals surface area contributed by atoms with Gasteiger partial charge in [-0.25, -0.2) is 17.5 Å². The molecular weight excluding hydrogens is 458 g/mol. The minimum Gasteiger partial charge on any atom is -0.468 e. The highest BCUT2D eigenvalue weighted by molar-refractivity contribution is 7.88. The Morgan fingerprint density at radius 3 is 2.69 bits per heavy atom. The number of esters is 2. The zero-order valence-electron chi connectivity index (χ0n) is 18.1. The van der Waals surface area contributed by atoms with Gasteiger partial charge in [-0.15, -0.1) is 0 Å². The second-order valence-electron chi connectivity index (χ2n) is 7.36. The number of fused-ring (bicyclic) bond motifs is 1. The molecule has 32 heavy (non-hydrogen) atoms. The van der Waals surface area contributed by atoms with Crippen molar-refractivity contribution in [2.45, 2.75) is 26.3 Å². The predicted octanol–water partition coefficient (Wildman–Crippen LogP) is 1.15. The number of carbonyl (C=O) groups excluding carboxylic acids is 3. The molecule has 0 aliphatic carbocycles. The van der Waals surface area contributed by atoms with Crippen molar-refractivity contribution >= 4 is 49.4 Å². The third kappa shape index (κ3) is 5.43. The van der Waals surface area contributed by atoms with Gasteiger partial charge in [-0.1, -0.05) is 11.3 Å². The van der Waals surface area contributed by atoms with Crippen LogP contribution in [-0.2, 0) is 35.6 Å². The van der Waals surface area contributed by atoms with Crippen LogP contribution in [-0.4, -0.2) is 68.2 Å². The summed E-state index contributed by atoms with van der Waals surface area (Å²) >= 11 is 1.15. The van der Waals surface area contributed by atoms with Crippen molar-refractivity contribution in [2.24, 2.45) is 10.9 Å². The Morgan fingerprint density at radius 1 is 1.28 bits per heavy atom. The zero-order valence-corrected chi connectivity index (χ0v) is 19.7. The zero-order chi connectivity index (χ0) is 23.5. The van der Waals surface area contributed by atoms with Crippen LogP contribution in [0.5, 0.6) is 0 Å². The third-order valence-corrected chi connectivity index (χ3v) is 7.43. The number of piperidine rings is 1. The molecule has 1 unspecified atom stereocenters. The minimum atomic E-state index is -3.40. The molecule has 1 aromatic carbocycles. The van der Waals surface area contributed by atoms with E-state index < -0.39 is 33.8 Å².